The molecule has 3 N–H and O–H groups in total. The van der Waals surface area contributed by atoms with Crippen molar-refractivity contribution in [3.63, 3.8) is 0 Å². The first-order valence-corrected chi connectivity index (χ1v) is 7.60. The maximum atomic E-state index is 6.15. The van der Waals surface area contributed by atoms with E-state index in [0.29, 0.717) is 12.0 Å². The van der Waals surface area contributed by atoms with Crippen LogP contribution in [0.4, 0.5) is 11.4 Å². The van der Waals surface area contributed by atoms with E-state index in [1.54, 1.807) is 6.20 Å². The molecule has 3 atom stereocenters. The van der Waals surface area contributed by atoms with E-state index in [0.717, 1.165) is 28.2 Å². The lowest BCUT2D eigenvalue weighted by Crippen LogP contribution is -2.25. The lowest BCUT2D eigenvalue weighted by atomic mass is 9.93. The van der Waals surface area contributed by atoms with Gasteiger partial charge in [-0.05, 0) is 30.7 Å². The Morgan fingerprint density at radius 2 is 2.10 bits per heavy atom. The number of hydrogen-bond acceptors (Lipinski definition) is 3. The molecule has 0 bridgehead atoms. The van der Waals surface area contributed by atoms with E-state index >= 15 is 0 Å². The molecule has 0 aliphatic heterocycles. The first-order valence-electron chi connectivity index (χ1n) is 7.60. The number of fused-ring (bicyclic) bond motifs is 1. The minimum atomic E-state index is 0.521. The minimum Gasteiger partial charge on any atom is -0.396 e. The highest BCUT2D eigenvalue weighted by Crippen LogP contribution is 2.38. The molecule has 0 amide bonds. The van der Waals surface area contributed by atoms with Gasteiger partial charge in [0.25, 0.3) is 0 Å². The molecule has 0 spiro atoms. The molecule has 1 aromatic carbocycles. The first-order chi connectivity index (χ1) is 9.70. The summed E-state index contributed by atoms with van der Waals surface area (Å²) in [6.07, 6.45) is 5.58. The maximum absolute atomic E-state index is 6.15. The SMILES string of the molecule is CCC1CCC(Nc2c(N)cnc3ccccc23)C1C. The van der Waals surface area contributed by atoms with Crippen molar-refractivity contribution in [2.45, 2.75) is 39.2 Å². The molecule has 3 nitrogen and oxygen atoms in total. The summed E-state index contributed by atoms with van der Waals surface area (Å²) in [6, 6.07) is 8.71. The Kier molecular flexibility index (Phi) is 3.51. The quantitative estimate of drug-likeness (QED) is 0.883. The number of hydrogen-bond donors (Lipinski definition) is 2. The van der Waals surface area contributed by atoms with E-state index in [4.69, 9.17) is 5.73 Å². The number of aromatic nitrogens is 1. The van der Waals surface area contributed by atoms with Crippen LogP contribution in [0.1, 0.15) is 33.1 Å². The molecule has 3 unspecified atom stereocenters. The van der Waals surface area contributed by atoms with Gasteiger partial charge in [0.15, 0.2) is 0 Å². The number of nitrogen functional groups attached to an aromatic ring is 1. The van der Waals surface area contributed by atoms with Crippen molar-refractivity contribution >= 4 is 22.3 Å². The van der Waals surface area contributed by atoms with E-state index in [9.17, 15) is 0 Å². The maximum Gasteiger partial charge on any atom is 0.0743 e. The molecule has 0 radical (unpaired) electrons. The van der Waals surface area contributed by atoms with Gasteiger partial charge in [0.2, 0.25) is 0 Å². The second-order valence-electron chi connectivity index (χ2n) is 5.96. The molecule has 1 saturated carbocycles. The number of nitrogens with two attached hydrogens (primary N) is 1. The molecule has 3 heteroatoms. The second-order valence-corrected chi connectivity index (χ2v) is 5.96. The number of benzene rings is 1. The Balaban J connectivity index is 1.93. The van der Waals surface area contributed by atoms with Crippen molar-refractivity contribution in [2.75, 3.05) is 11.1 Å². The second kappa shape index (κ2) is 5.31. The predicted octanol–water partition coefficient (Wildman–Crippen LogP) is 4.05. The van der Waals surface area contributed by atoms with Crippen molar-refractivity contribution in [2.24, 2.45) is 11.8 Å². The number of anilines is 2. The van der Waals surface area contributed by atoms with Crippen LogP contribution in [0.15, 0.2) is 30.5 Å². The number of rotatable bonds is 3. The molecule has 1 fully saturated rings. The average Bonchev–Trinajstić information content (AvgIpc) is 2.82. The fourth-order valence-corrected chi connectivity index (χ4v) is 3.53. The van der Waals surface area contributed by atoms with Crippen LogP contribution in [-0.4, -0.2) is 11.0 Å². The van der Waals surface area contributed by atoms with E-state index in [-0.39, 0.29) is 0 Å². The van der Waals surface area contributed by atoms with Crippen LogP contribution in [0.3, 0.4) is 0 Å². The molecule has 0 saturated heterocycles. The number of nitrogens with zero attached hydrogens (tertiary/aromatic N) is 1. The van der Waals surface area contributed by atoms with Crippen LogP contribution in [0, 0.1) is 11.8 Å². The van der Waals surface area contributed by atoms with Gasteiger partial charge in [0, 0.05) is 11.4 Å². The molecule has 1 aliphatic carbocycles. The summed E-state index contributed by atoms with van der Waals surface area (Å²) < 4.78 is 0. The molecule has 2 aromatic rings. The van der Waals surface area contributed by atoms with Gasteiger partial charge >= 0.3 is 0 Å². The molecule has 1 heterocycles. The average molecular weight is 269 g/mol. The van der Waals surface area contributed by atoms with Gasteiger partial charge in [-0.1, -0.05) is 38.5 Å². The van der Waals surface area contributed by atoms with Crippen LogP contribution in [0.25, 0.3) is 10.9 Å². The highest BCUT2D eigenvalue weighted by Gasteiger charge is 2.31. The van der Waals surface area contributed by atoms with E-state index < -0.39 is 0 Å². The molecular weight excluding hydrogens is 246 g/mol. The molecule has 3 rings (SSSR count). The monoisotopic (exact) mass is 269 g/mol. The van der Waals surface area contributed by atoms with Crippen molar-refractivity contribution in [3.05, 3.63) is 30.5 Å². The van der Waals surface area contributed by atoms with Crippen LogP contribution in [0.5, 0.6) is 0 Å². The third-order valence-corrected chi connectivity index (χ3v) is 4.89. The third-order valence-electron chi connectivity index (χ3n) is 4.89. The zero-order valence-corrected chi connectivity index (χ0v) is 12.3. The van der Waals surface area contributed by atoms with E-state index in [1.165, 1.54) is 19.3 Å². The van der Waals surface area contributed by atoms with Gasteiger partial charge in [-0.15, -0.1) is 0 Å². The summed E-state index contributed by atoms with van der Waals surface area (Å²) in [5.74, 6) is 1.54. The number of para-hydroxylation sites is 1. The minimum absolute atomic E-state index is 0.521. The summed E-state index contributed by atoms with van der Waals surface area (Å²) in [4.78, 5) is 4.40. The summed E-state index contributed by atoms with van der Waals surface area (Å²) in [6.45, 7) is 4.65. The van der Waals surface area contributed by atoms with Gasteiger partial charge < -0.3 is 11.1 Å². The van der Waals surface area contributed by atoms with Gasteiger partial charge in [0.05, 0.1) is 23.1 Å². The van der Waals surface area contributed by atoms with Crippen molar-refractivity contribution in [1.82, 2.24) is 4.98 Å². The molecular formula is C17H23N3. The molecule has 106 valence electrons. The highest BCUT2D eigenvalue weighted by molar-refractivity contribution is 5.96. The van der Waals surface area contributed by atoms with Crippen LogP contribution in [-0.2, 0) is 0 Å². The van der Waals surface area contributed by atoms with Gasteiger partial charge in [-0.3, -0.25) is 4.98 Å². The summed E-state index contributed by atoms with van der Waals surface area (Å²) >= 11 is 0. The van der Waals surface area contributed by atoms with Crippen molar-refractivity contribution < 1.29 is 0 Å². The van der Waals surface area contributed by atoms with E-state index in [2.05, 4.69) is 30.2 Å². The Labute approximate surface area is 120 Å². The smallest absolute Gasteiger partial charge is 0.0743 e. The van der Waals surface area contributed by atoms with Crippen molar-refractivity contribution in [3.8, 4) is 0 Å². The lowest BCUT2D eigenvalue weighted by molar-refractivity contribution is 0.392. The molecule has 20 heavy (non-hydrogen) atoms. The zero-order valence-electron chi connectivity index (χ0n) is 12.3. The van der Waals surface area contributed by atoms with Crippen LogP contribution >= 0.6 is 0 Å². The number of pyridine rings is 1. The Morgan fingerprint density at radius 3 is 2.85 bits per heavy atom. The normalized spacial score (nSPS) is 26.0. The number of nitrogens with one attached hydrogen (secondary N) is 1. The summed E-state index contributed by atoms with van der Waals surface area (Å²) in [5, 5.41) is 4.83. The van der Waals surface area contributed by atoms with E-state index in [1.807, 2.05) is 18.2 Å². The Hall–Kier alpha value is -1.77. The predicted molar refractivity (Wildman–Crippen MR) is 85.7 cm³/mol. The van der Waals surface area contributed by atoms with Crippen LogP contribution < -0.4 is 11.1 Å². The fraction of sp³-hybridized carbons (Fsp3) is 0.471. The Morgan fingerprint density at radius 1 is 1.30 bits per heavy atom. The first kappa shape index (κ1) is 13.2. The zero-order chi connectivity index (χ0) is 14.1. The van der Waals surface area contributed by atoms with Gasteiger partial charge in [-0.2, -0.15) is 0 Å². The summed E-state index contributed by atoms with van der Waals surface area (Å²) in [5.41, 5.74) is 8.96. The lowest BCUT2D eigenvalue weighted by Gasteiger charge is -2.23. The fourth-order valence-electron chi connectivity index (χ4n) is 3.53. The molecule has 1 aliphatic rings. The van der Waals surface area contributed by atoms with Gasteiger partial charge in [-0.25, -0.2) is 0 Å². The van der Waals surface area contributed by atoms with Crippen molar-refractivity contribution in [1.29, 1.82) is 0 Å². The van der Waals surface area contributed by atoms with Gasteiger partial charge in [0.1, 0.15) is 0 Å². The summed E-state index contributed by atoms with van der Waals surface area (Å²) in [7, 11) is 0. The van der Waals surface area contributed by atoms with Crippen LogP contribution in [0.2, 0.25) is 0 Å². The third kappa shape index (κ3) is 2.21. The Bertz CT molecular complexity index is 608. The highest BCUT2D eigenvalue weighted by atomic mass is 15.0. The molecule has 1 aromatic heterocycles. The standard InChI is InChI=1S/C17H23N3/c1-3-12-8-9-15(11(12)2)20-17-13-6-4-5-7-16(13)19-10-14(17)18/h4-7,10-12,15H,3,8-9,18H2,1-2H3,(H,19,20). The largest absolute Gasteiger partial charge is 0.396 e. The topological polar surface area (TPSA) is 50.9 Å².